The molecule has 0 heterocycles. The van der Waals surface area contributed by atoms with Gasteiger partial charge in [0.2, 0.25) is 0 Å². The van der Waals surface area contributed by atoms with E-state index >= 15 is 0 Å². The van der Waals surface area contributed by atoms with Crippen LogP contribution in [-0.4, -0.2) is 8.07 Å². The van der Waals surface area contributed by atoms with E-state index in [2.05, 4.69) is 19.6 Å². The first-order valence-corrected chi connectivity index (χ1v) is 7.27. The Morgan fingerprint density at radius 3 is 2.00 bits per heavy atom. The van der Waals surface area contributed by atoms with Gasteiger partial charge in [0.05, 0.1) is 8.07 Å². The molecule has 1 rings (SSSR count). The summed E-state index contributed by atoms with van der Waals surface area (Å²) in [5.41, 5.74) is 0. The van der Waals surface area contributed by atoms with E-state index in [9.17, 15) is 4.39 Å². The van der Waals surface area contributed by atoms with Crippen molar-refractivity contribution in [3.8, 4) is 0 Å². The largest absolute Gasteiger partial charge is 1.00 e. The van der Waals surface area contributed by atoms with Gasteiger partial charge in [-0.25, -0.2) is 4.39 Å². The molecule has 0 bridgehead atoms. The molecule has 12 heavy (non-hydrogen) atoms. The summed E-state index contributed by atoms with van der Waals surface area (Å²) in [6, 6.07) is 7.06. The maximum Gasteiger partial charge on any atom is 1.00 e. The Morgan fingerprint density at radius 2 is 1.67 bits per heavy atom. The van der Waals surface area contributed by atoms with Crippen molar-refractivity contribution in [3.05, 3.63) is 30.1 Å². The van der Waals surface area contributed by atoms with Crippen LogP contribution in [0.15, 0.2) is 24.3 Å². The molecule has 1 aromatic carbocycles. The van der Waals surface area contributed by atoms with Crippen LogP contribution in [0.1, 0.15) is 1.43 Å². The SMILES string of the molecule is C[Si](C)(C)c1ccccc1F.[H-].[Li+]. The molecular formula is C9H14FLiSi. The van der Waals surface area contributed by atoms with Gasteiger partial charge in [-0.15, -0.1) is 0 Å². The molecule has 0 radical (unpaired) electrons. The minimum absolute atomic E-state index is 0. The number of halogens is 1. The number of hydrogen-bond donors (Lipinski definition) is 0. The average molecular weight is 176 g/mol. The molecular weight excluding hydrogens is 162 g/mol. The van der Waals surface area contributed by atoms with E-state index in [0.29, 0.717) is 0 Å². The summed E-state index contributed by atoms with van der Waals surface area (Å²) in [4.78, 5) is 0. The standard InChI is InChI=1S/C9H13FSi.Li.H/c1-11(2,3)9-7-5-4-6-8(9)10;;/h4-7H,1-3H3;;/q;+1;-1. The van der Waals surface area contributed by atoms with Gasteiger partial charge in [0.1, 0.15) is 5.82 Å². The monoisotopic (exact) mass is 176 g/mol. The second-order valence-corrected chi connectivity index (χ2v) is 8.77. The Hall–Kier alpha value is -0.0357. The van der Waals surface area contributed by atoms with E-state index in [-0.39, 0.29) is 26.1 Å². The van der Waals surface area contributed by atoms with Crippen molar-refractivity contribution >= 4 is 13.3 Å². The number of rotatable bonds is 1. The topological polar surface area (TPSA) is 0 Å². The van der Waals surface area contributed by atoms with E-state index in [4.69, 9.17) is 0 Å². The van der Waals surface area contributed by atoms with Gasteiger partial charge in [0.25, 0.3) is 0 Å². The van der Waals surface area contributed by atoms with Crippen LogP contribution in [0, 0.1) is 5.82 Å². The Kier molecular flexibility index (Phi) is 4.26. The summed E-state index contributed by atoms with van der Waals surface area (Å²) in [5.74, 6) is -0.0494. The predicted molar refractivity (Wildman–Crippen MR) is 50.5 cm³/mol. The Labute approximate surface area is 87.9 Å². The van der Waals surface area contributed by atoms with Gasteiger partial charge >= 0.3 is 18.9 Å². The van der Waals surface area contributed by atoms with Crippen LogP contribution in [-0.2, 0) is 0 Å². The van der Waals surface area contributed by atoms with Gasteiger partial charge in [0, 0.05) is 0 Å². The van der Waals surface area contributed by atoms with Crippen molar-refractivity contribution in [2.24, 2.45) is 0 Å². The van der Waals surface area contributed by atoms with E-state index < -0.39 is 8.07 Å². The molecule has 0 aliphatic carbocycles. The summed E-state index contributed by atoms with van der Waals surface area (Å²) < 4.78 is 13.1. The minimum atomic E-state index is -1.45. The fraction of sp³-hybridized carbons (Fsp3) is 0.333. The summed E-state index contributed by atoms with van der Waals surface area (Å²) in [6.07, 6.45) is 0. The Morgan fingerprint density at radius 1 is 1.17 bits per heavy atom. The van der Waals surface area contributed by atoms with Gasteiger partial charge in [-0.1, -0.05) is 37.8 Å². The van der Waals surface area contributed by atoms with Crippen molar-refractivity contribution in [1.82, 2.24) is 0 Å². The fourth-order valence-corrected chi connectivity index (χ4v) is 2.47. The van der Waals surface area contributed by atoms with E-state index in [0.717, 1.165) is 5.19 Å². The van der Waals surface area contributed by atoms with Crippen molar-refractivity contribution in [2.75, 3.05) is 0 Å². The molecule has 0 aliphatic heterocycles. The average Bonchev–Trinajstić information content (AvgIpc) is 1.86. The molecule has 62 valence electrons. The molecule has 0 saturated heterocycles. The predicted octanol–water partition coefficient (Wildman–Crippen LogP) is -0.513. The molecule has 1 aromatic rings. The molecule has 0 saturated carbocycles. The van der Waals surface area contributed by atoms with Crippen molar-refractivity contribution in [2.45, 2.75) is 19.6 Å². The smallest absolute Gasteiger partial charge is 1.00 e. The van der Waals surface area contributed by atoms with Crippen molar-refractivity contribution < 1.29 is 24.7 Å². The van der Waals surface area contributed by atoms with E-state index in [1.165, 1.54) is 6.07 Å². The second-order valence-electron chi connectivity index (χ2n) is 3.73. The molecule has 0 N–H and O–H groups in total. The molecule has 0 fully saturated rings. The van der Waals surface area contributed by atoms with Crippen molar-refractivity contribution in [3.63, 3.8) is 0 Å². The zero-order chi connectivity index (χ0) is 8.48. The van der Waals surface area contributed by atoms with E-state index in [1.54, 1.807) is 6.07 Å². The van der Waals surface area contributed by atoms with Crippen LogP contribution in [0.4, 0.5) is 4.39 Å². The number of benzene rings is 1. The third-order valence-corrected chi connectivity index (χ3v) is 3.70. The minimum Gasteiger partial charge on any atom is -1.00 e. The van der Waals surface area contributed by atoms with Crippen LogP contribution < -0.4 is 24.0 Å². The molecule has 3 heteroatoms. The quantitative estimate of drug-likeness (QED) is 0.505. The first-order chi connectivity index (χ1) is 5.02. The third-order valence-electron chi connectivity index (χ3n) is 1.68. The second kappa shape index (κ2) is 4.27. The molecule has 0 unspecified atom stereocenters. The summed E-state index contributed by atoms with van der Waals surface area (Å²) in [6.45, 7) is 6.43. The van der Waals surface area contributed by atoms with Crippen LogP contribution in [0.5, 0.6) is 0 Å². The fourth-order valence-electron chi connectivity index (χ4n) is 1.07. The van der Waals surface area contributed by atoms with Crippen LogP contribution in [0.3, 0.4) is 0 Å². The summed E-state index contributed by atoms with van der Waals surface area (Å²) in [5, 5.41) is 0.917. The van der Waals surface area contributed by atoms with Gasteiger partial charge in [0.15, 0.2) is 0 Å². The van der Waals surface area contributed by atoms with Gasteiger partial charge in [-0.2, -0.15) is 0 Å². The van der Waals surface area contributed by atoms with Gasteiger partial charge < -0.3 is 1.43 Å². The Balaban J connectivity index is 0. The molecule has 0 amide bonds. The van der Waals surface area contributed by atoms with Crippen LogP contribution in [0.25, 0.3) is 0 Å². The van der Waals surface area contributed by atoms with Crippen molar-refractivity contribution in [1.29, 1.82) is 0 Å². The zero-order valence-electron chi connectivity index (χ0n) is 9.19. The number of hydrogen-bond acceptors (Lipinski definition) is 0. The molecule has 0 aromatic heterocycles. The zero-order valence-corrected chi connectivity index (χ0v) is 9.19. The Bertz CT molecular complexity index is 260. The summed E-state index contributed by atoms with van der Waals surface area (Å²) in [7, 11) is -1.45. The maximum absolute atomic E-state index is 13.1. The first kappa shape index (κ1) is 12.0. The summed E-state index contributed by atoms with van der Waals surface area (Å²) >= 11 is 0. The van der Waals surface area contributed by atoms with E-state index in [1.807, 2.05) is 12.1 Å². The molecule has 0 atom stereocenters. The maximum atomic E-state index is 13.1. The third kappa shape index (κ3) is 2.78. The van der Waals surface area contributed by atoms with Crippen LogP contribution >= 0.6 is 0 Å². The molecule has 0 nitrogen and oxygen atoms in total. The normalized spacial score (nSPS) is 10.7. The molecule has 0 aliphatic rings. The first-order valence-electron chi connectivity index (χ1n) is 3.77. The van der Waals surface area contributed by atoms with Crippen LogP contribution in [0.2, 0.25) is 19.6 Å². The molecule has 0 spiro atoms. The van der Waals surface area contributed by atoms with Gasteiger partial charge in [-0.3, -0.25) is 0 Å². The van der Waals surface area contributed by atoms with Gasteiger partial charge in [-0.05, 0) is 11.3 Å².